The van der Waals surface area contributed by atoms with Crippen molar-refractivity contribution in [3.63, 3.8) is 0 Å². The van der Waals surface area contributed by atoms with Gasteiger partial charge in [0.05, 0.1) is 12.6 Å². The van der Waals surface area contributed by atoms with Crippen LogP contribution in [0.15, 0.2) is 78.9 Å². The summed E-state index contributed by atoms with van der Waals surface area (Å²) in [5.41, 5.74) is 6.23. The second-order valence-corrected chi connectivity index (χ2v) is 11.6. The maximum atomic E-state index is 13.9. The number of nitrogens with zero attached hydrogens (tertiary/aromatic N) is 2. The molecule has 0 spiro atoms. The Morgan fingerprint density at radius 1 is 0.857 bits per heavy atom. The highest BCUT2D eigenvalue weighted by Crippen LogP contribution is 2.30. The molecule has 1 aliphatic heterocycles. The zero-order valence-corrected chi connectivity index (χ0v) is 24.8. The lowest BCUT2D eigenvalue weighted by Gasteiger charge is -2.30. The summed E-state index contributed by atoms with van der Waals surface area (Å²) in [4.78, 5) is 30.2. The smallest absolute Gasteiger partial charge is 0.330 e. The Hall–Kier alpha value is -3.90. The molecule has 1 aliphatic carbocycles. The van der Waals surface area contributed by atoms with Crippen molar-refractivity contribution < 1.29 is 19.1 Å². The number of amides is 1. The van der Waals surface area contributed by atoms with Crippen LogP contribution >= 0.6 is 0 Å². The minimum atomic E-state index is -0.387. The number of hydrogen-bond acceptors (Lipinski definition) is 5. The van der Waals surface area contributed by atoms with E-state index in [1.54, 1.807) is 6.08 Å². The molecule has 1 saturated carbocycles. The van der Waals surface area contributed by atoms with E-state index >= 15 is 0 Å². The molecule has 1 saturated heterocycles. The molecule has 0 radical (unpaired) electrons. The number of rotatable bonds is 10. The fraction of sp³-hybridized carbons (Fsp3) is 0.389. The van der Waals surface area contributed by atoms with E-state index < -0.39 is 0 Å². The number of benzene rings is 3. The zero-order chi connectivity index (χ0) is 29.3. The summed E-state index contributed by atoms with van der Waals surface area (Å²) < 4.78 is 10.9. The lowest BCUT2D eigenvalue weighted by Crippen LogP contribution is -2.36. The number of hydrogen-bond donors (Lipinski definition) is 0. The SMILES string of the molecule is CN(C)c1ccc(-c2ccc(CN(C(=O)C3CCCCC3)c3cccc(C=CC(=O)OCC4CCCO4)c3)cc2)cc1. The Morgan fingerprint density at radius 2 is 1.57 bits per heavy atom. The van der Waals surface area contributed by atoms with Crippen LogP contribution in [-0.2, 0) is 25.6 Å². The topological polar surface area (TPSA) is 59.1 Å². The fourth-order valence-corrected chi connectivity index (χ4v) is 5.76. The van der Waals surface area contributed by atoms with Crippen molar-refractivity contribution in [2.75, 3.05) is 37.1 Å². The lowest BCUT2D eigenvalue weighted by molar-refractivity contribution is -0.140. The van der Waals surface area contributed by atoms with Crippen LogP contribution in [0.3, 0.4) is 0 Å². The minimum absolute atomic E-state index is 0.00252. The van der Waals surface area contributed by atoms with Crippen molar-refractivity contribution in [1.29, 1.82) is 0 Å². The highest BCUT2D eigenvalue weighted by Gasteiger charge is 2.27. The number of carbonyl (C=O) groups is 2. The molecular formula is C36H42N2O4. The Labute approximate surface area is 249 Å². The fourth-order valence-electron chi connectivity index (χ4n) is 5.76. The summed E-state index contributed by atoms with van der Waals surface area (Å²) in [6.07, 6.45) is 10.4. The van der Waals surface area contributed by atoms with Gasteiger partial charge < -0.3 is 19.3 Å². The second-order valence-electron chi connectivity index (χ2n) is 11.6. The van der Waals surface area contributed by atoms with Gasteiger partial charge in [0.25, 0.3) is 0 Å². The summed E-state index contributed by atoms with van der Waals surface area (Å²) in [5.74, 6) is -0.169. The van der Waals surface area contributed by atoms with Crippen LogP contribution in [0.25, 0.3) is 17.2 Å². The molecule has 1 unspecified atom stereocenters. The summed E-state index contributed by atoms with van der Waals surface area (Å²) in [6.45, 7) is 1.51. The first-order valence-corrected chi connectivity index (χ1v) is 15.2. The number of anilines is 2. The highest BCUT2D eigenvalue weighted by atomic mass is 16.6. The minimum Gasteiger partial charge on any atom is -0.460 e. The lowest BCUT2D eigenvalue weighted by atomic mass is 9.88. The molecule has 3 aromatic rings. The molecule has 1 heterocycles. The highest BCUT2D eigenvalue weighted by molar-refractivity contribution is 5.95. The first-order valence-electron chi connectivity index (χ1n) is 15.2. The van der Waals surface area contributed by atoms with Crippen LogP contribution in [0.1, 0.15) is 56.1 Å². The third-order valence-electron chi connectivity index (χ3n) is 8.26. The van der Waals surface area contributed by atoms with E-state index in [2.05, 4.69) is 53.4 Å². The van der Waals surface area contributed by atoms with Crippen molar-refractivity contribution in [3.05, 3.63) is 90.0 Å². The van der Waals surface area contributed by atoms with E-state index in [0.29, 0.717) is 6.54 Å². The van der Waals surface area contributed by atoms with Gasteiger partial charge in [-0.1, -0.05) is 67.8 Å². The summed E-state index contributed by atoms with van der Waals surface area (Å²) in [7, 11) is 4.08. The quantitative estimate of drug-likeness (QED) is 0.191. The predicted octanol–water partition coefficient (Wildman–Crippen LogP) is 7.27. The van der Waals surface area contributed by atoms with E-state index in [4.69, 9.17) is 9.47 Å². The average molecular weight is 567 g/mol. The van der Waals surface area contributed by atoms with Crippen LogP contribution < -0.4 is 9.80 Å². The number of esters is 1. The van der Waals surface area contributed by atoms with Gasteiger partial charge in [-0.15, -0.1) is 0 Å². The Morgan fingerprint density at radius 3 is 2.24 bits per heavy atom. The third kappa shape index (κ3) is 7.89. The van der Waals surface area contributed by atoms with Crippen molar-refractivity contribution in [3.8, 4) is 11.1 Å². The summed E-state index contributed by atoms with van der Waals surface area (Å²) >= 11 is 0. The maximum absolute atomic E-state index is 13.9. The zero-order valence-electron chi connectivity index (χ0n) is 24.8. The molecule has 5 rings (SSSR count). The van der Waals surface area contributed by atoms with E-state index in [9.17, 15) is 9.59 Å². The van der Waals surface area contributed by atoms with Gasteiger partial charge in [0.1, 0.15) is 6.61 Å². The maximum Gasteiger partial charge on any atom is 0.330 e. The molecule has 3 aromatic carbocycles. The van der Waals surface area contributed by atoms with Crippen LogP contribution in [0, 0.1) is 5.92 Å². The van der Waals surface area contributed by atoms with Crippen molar-refractivity contribution in [1.82, 2.24) is 0 Å². The van der Waals surface area contributed by atoms with Gasteiger partial charge >= 0.3 is 5.97 Å². The molecule has 0 bridgehead atoms. The van der Waals surface area contributed by atoms with Crippen LogP contribution in [0.5, 0.6) is 0 Å². The molecule has 1 atom stereocenters. The predicted molar refractivity (Wildman–Crippen MR) is 169 cm³/mol. The van der Waals surface area contributed by atoms with E-state index in [-0.39, 0.29) is 30.5 Å². The van der Waals surface area contributed by atoms with Crippen LogP contribution in [0.2, 0.25) is 0 Å². The molecule has 1 amide bonds. The second kappa shape index (κ2) is 14.3. The molecular weight excluding hydrogens is 524 g/mol. The first kappa shape index (κ1) is 29.6. The number of ether oxygens (including phenoxy) is 2. The number of carbonyl (C=O) groups excluding carboxylic acids is 2. The van der Waals surface area contributed by atoms with Gasteiger partial charge in [-0.25, -0.2) is 4.79 Å². The Kier molecular flexibility index (Phi) is 10.1. The van der Waals surface area contributed by atoms with Gasteiger partial charge in [0.15, 0.2) is 0 Å². The average Bonchev–Trinajstić information content (AvgIpc) is 3.56. The molecule has 0 aromatic heterocycles. The Balaban J connectivity index is 1.31. The van der Waals surface area contributed by atoms with E-state index in [0.717, 1.165) is 73.1 Å². The molecule has 42 heavy (non-hydrogen) atoms. The van der Waals surface area contributed by atoms with Gasteiger partial charge in [0, 0.05) is 44.1 Å². The largest absolute Gasteiger partial charge is 0.460 e. The normalized spacial score (nSPS) is 17.3. The van der Waals surface area contributed by atoms with Gasteiger partial charge in [-0.3, -0.25) is 4.79 Å². The van der Waals surface area contributed by atoms with Crippen molar-refractivity contribution in [2.24, 2.45) is 5.92 Å². The Bertz CT molecular complexity index is 1350. The molecule has 2 fully saturated rings. The summed E-state index contributed by atoms with van der Waals surface area (Å²) in [6, 6.07) is 24.9. The molecule has 2 aliphatic rings. The van der Waals surface area contributed by atoms with Crippen molar-refractivity contribution in [2.45, 2.75) is 57.6 Å². The van der Waals surface area contributed by atoms with Crippen molar-refractivity contribution >= 4 is 29.3 Å². The van der Waals surface area contributed by atoms with Crippen LogP contribution in [0.4, 0.5) is 11.4 Å². The van der Waals surface area contributed by atoms with Crippen LogP contribution in [-0.4, -0.2) is 45.3 Å². The summed E-state index contributed by atoms with van der Waals surface area (Å²) in [5, 5.41) is 0. The molecule has 220 valence electrons. The molecule has 0 N–H and O–H groups in total. The molecule has 6 heteroatoms. The molecule has 6 nitrogen and oxygen atoms in total. The van der Waals surface area contributed by atoms with E-state index in [1.807, 2.05) is 43.3 Å². The van der Waals surface area contributed by atoms with Gasteiger partial charge in [-0.2, -0.15) is 0 Å². The first-order chi connectivity index (χ1) is 20.5. The third-order valence-corrected chi connectivity index (χ3v) is 8.26. The standard InChI is InChI=1S/C36H42N2O4/c1-37(2)32-20-18-30(19-21-32)29-16-13-28(14-17-29)25-38(36(40)31-9-4-3-5-10-31)33-11-6-8-27(24-33)15-22-35(39)42-26-34-12-7-23-41-34/h6,8,11,13-22,24,31,34H,3-5,7,9-10,12,23,25-26H2,1-2H3. The van der Waals surface area contributed by atoms with Gasteiger partial charge in [-0.05, 0) is 78.3 Å². The van der Waals surface area contributed by atoms with E-state index in [1.165, 1.54) is 18.2 Å². The van der Waals surface area contributed by atoms with Gasteiger partial charge in [0.2, 0.25) is 5.91 Å². The monoisotopic (exact) mass is 566 g/mol.